The van der Waals surface area contributed by atoms with Crippen LogP contribution in [0.2, 0.25) is 0 Å². The van der Waals surface area contributed by atoms with Gasteiger partial charge in [0.05, 0.1) is 11.4 Å². The number of nitrogens with one attached hydrogen (secondary N) is 1. The van der Waals surface area contributed by atoms with Crippen LogP contribution in [0.3, 0.4) is 0 Å². The molecule has 0 bridgehead atoms. The zero-order chi connectivity index (χ0) is 18.6. The highest BCUT2D eigenvalue weighted by atomic mass is 16.5. The Morgan fingerprint density at radius 1 is 1.15 bits per heavy atom. The third kappa shape index (κ3) is 4.04. The van der Waals surface area contributed by atoms with Crippen molar-refractivity contribution in [2.45, 2.75) is 32.2 Å². The summed E-state index contributed by atoms with van der Waals surface area (Å²) < 4.78 is 5.87. The fraction of sp³-hybridized carbons (Fsp3) is 0.455. The smallest absolute Gasteiger partial charge is 0.172 e. The minimum absolute atomic E-state index is 0.798. The Hall–Kier alpha value is -2.24. The quantitative estimate of drug-likeness (QED) is 0.719. The summed E-state index contributed by atoms with van der Waals surface area (Å²) >= 11 is 0. The van der Waals surface area contributed by atoms with E-state index in [0.29, 0.717) is 0 Å². The first-order chi connectivity index (χ1) is 13.2. The number of hydrogen-bond acceptors (Lipinski definition) is 5. The van der Waals surface area contributed by atoms with E-state index in [1.165, 1.54) is 19.3 Å². The van der Waals surface area contributed by atoms with E-state index in [0.717, 1.165) is 65.5 Å². The molecule has 27 heavy (non-hydrogen) atoms. The largest absolute Gasteiger partial charge is 0.356 e. The zero-order valence-corrected chi connectivity index (χ0v) is 16.2. The van der Waals surface area contributed by atoms with Gasteiger partial charge in [0.2, 0.25) is 0 Å². The number of piperidine rings is 1. The maximum absolute atomic E-state index is 5.87. The molecule has 5 heteroatoms. The van der Waals surface area contributed by atoms with E-state index in [-0.39, 0.29) is 0 Å². The van der Waals surface area contributed by atoms with Crippen molar-refractivity contribution in [1.29, 1.82) is 0 Å². The second kappa shape index (κ2) is 8.19. The summed E-state index contributed by atoms with van der Waals surface area (Å²) in [7, 11) is 4.16. The van der Waals surface area contributed by atoms with E-state index in [2.05, 4.69) is 52.7 Å². The fourth-order valence-electron chi connectivity index (χ4n) is 4.04. The molecule has 1 saturated heterocycles. The van der Waals surface area contributed by atoms with Crippen molar-refractivity contribution in [2.75, 3.05) is 27.2 Å². The first-order valence-corrected chi connectivity index (χ1v) is 9.89. The number of rotatable bonds is 6. The molecule has 2 aromatic heterocycles. The van der Waals surface area contributed by atoms with E-state index in [1.54, 1.807) is 0 Å². The Bertz CT molecular complexity index is 882. The molecular weight excluding hydrogens is 336 g/mol. The van der Waals surface area contributed by atoms with Crippen molar-refractivity contribution in [3.63, 3.8) is 0 Å². The average molecular weight is 364 g/mol. The fourth-order valence-corrected chi connectivity index (χ4v) is 4.04. The van der Waals surface area contributed by atoms with Gasteiger partial charge in [0, 0.05) is 29.3 Å². The van der Waals surface area contributed by atoms with E-state index in [4.69, 9.17) is 4.52 Å². The van der Waals surface area contributed by atoms with Gasteiger partial charge in [0.25, 0.3) is 0 Å². The second-order valence-electron chi connectivity index (χ2n) is 7.78. The average Bonchev–Trinajstić information content (AvgIpc) is 3.11. The van der Waals surface area contributed by atoms with Crippen LogP contribution in [0.5, 0.6) is 0 Å². The summed E-state index contributed by atoms with van der Waals surface area (Å²) in [6.07, 6.45) is 6.55. The molecule has 0 spiro atoms. The van der Waals surface area contributed by atoms with Gasteiger partial charge in [-0.05, 0) is 77.0 Å². The maximum Gasteiger partial charge on any atom is 0.172 e. The molecule has 3 aromatic rings. The third-order valence-electron chi connectivity index (χ3n) is 5.48. The van der Waals surface area contributed by atoms with Crippen LogP contribution in [-0.2, 0) is 13.0 Å². The first kappa shape index (κ1) is 18.1. The molecule has 1 aliphatic heterocycles. The predicted molar refractivity (Wildman–Crippen MR) is 109 cm³/mol. The summed E-state index contributed by atoms with van der Waals surface area (Å²) in [6.45, 7) is 3.08. The minimum Gasteiger partial charge on any atom is -0.356 e. The molecule has 0 saturated carbocycles. The van der Waals surface area contributed by atoms with Gasteiger partial charge >= 0.3 is 0 Å². The van der Waals surface area contributed by atoms with Gasteiger partial charge < -0.3 is 14.7 Å². The number of hydrogen-bond donors (Lipinski definition) is 1. The van der Waals surface area contributed by atoms with Crippen molar-refractivity contribution >= 4 is 11.0 Å². The highest BCUT2D eigenvalue weighted by Gasteiger charge is 2.19. The minimum atomic E-state index is 0.798. The molecule has 142 valence electrons. The van der Waals surface area contributed by atoms with Crippen molar-refractivity contribution in [1.82, 2.24) is 20.4 Å². The van der Waals surface area contributed by atoms with Gasteiger partial charge in [-0.3, -0.25) is 4.98 Å². The number of fused-ring (bicyclic) bond motifs is 1. The van der Waals surface area contributed by atoms with Crippen molar-refractivity contribution < 1.29 is 4.52 Å². The summed E-state index contributed by atoms with van der Waals surface area (Å²) in [5.74, 6) is 0.798. The van der Waals surface area contributed by atoms with Gasteiger partial charge in [-0.2, -0.15) is 0 Å². The lowest BCUT2D eigenvalue weighted by molar-refractivity contribution is 0.350. The lowest BCUT2D eigenvalue weighted by Crippen LogP contribution is -2.27. The first-order valence-electron chi connectivity index (χ1n) is 9.89. The Morgan fingerprint density at radius 2 is 2.00 bits per heavy atom. The number of benzene rings is 1. The topological polar surface area (TPSA) is 54.2 Å². The van der Waals surface area contributed by atoms with Crippen LogP contribution in [0, 0.1) is 5.92 Å². The van der Waals surface area contributed by atoms with Crippen LogP contribution in [-0.4, -0.2) is 42.2 Å². The van der Waals surface area contributed by atoms with Crippen LogP contribution < -0.4 is 5.32 Å². The predicted octanol–water partition coefficient (Wildman–Crippen LogP) is 3.88. The Morgan fingerprint density at radius 3 is 2.74 bits per heavy atom. The van der Waals surface area contributed by atoms with Crippen LogP contribution in [0.25, 0.3) is 22.2 Å². The third-order valence-corrected chi connectivity index (χ3v) is 5.48. The molecule has 0 atom stereocenters. The normalized spacial score (nSPS) is 15.7. The summed E-state index contributed by atoms with van der Waals surface area (Å²) in [5.41, 5.74) is 5.27. The molecule has 1 fully saturated rings. The summed E-state index contributed by atoms with van der Waals surface area (Å²) in [4.78, 5) is 6.71. The van der Waals surface area contributed by atoms with E-state index in [1.807, 2.05) is 18.3 Å². The Labute approximate surface area is 160 Å². The highest BCUT2D eigenvalue weighted by molar-refractivity contribution is 5.88. The molecule has 1 aliphatic rings. The van der Waals surface area contributed by atoms with Crippen molar-refractivity contribution in [3.05, 3.63) is 47.8 Å². The van der Waals surface area contributed by atoms with Crippen LogP contribution >= 0.6 is 0 Å². The molecule has 0 radical (unpaired) electrons. The van der Waals surface area contributed by atoms with Crippen LogP contribution in [0.15, 0.2) is 41.1 Å². The Balaban J connectivity index is 1.66. The molecule has 3 heterocycles. The highest BCUT2D eigenvalue weighted by Crippen LogP contribution is 2.32. The number of pyridine rings is 1. The molecule has 4 rings (SSSR count). The van der Waals surface area contributed by atoms with Gasteiger partial charge in [0.15, 0.2) is 5.58 Å². The maximum atomic E-state index is 5.87. The molecule has 1 N–H and O–H groups in total. The van der Waals surface area contributed by atoms with Gasteiger partial charge in [-0.25, -0.2) is 0 Å². The van der Waals surface area contributed by atoms with Gasteiger partial charge in [-0.1, -0.05) is 17.3 Å². The number of aryl methyl sites for hydroxylation is 1. The second-order valence-corrected chi connectivity index (χ2v) is 7.78. The standard InChI is InChI=1S/C22H28N4O/c1-26(2)15-19-17(20-5-3-4-12-24-20)7-8-18-21(25-27-22(18)19)9-6-16-10-13-23-14-11-16/h3-5,7-8,12,16,23H,6,9-11,13-15H2,1-2H3. The Kier molecular flexibility index (Phi) is 5.50. The zero-order valence-electron chi connectivity index (χ0n) is 16.2. The monoisotopic (exact) mass is 364 g/mol. The molecular formula is C22H28N4O. The van der Waals surface area contributed by atoms with Crippen molar-refractivity contribution in [3.8, 4) is 11.3 Å². The summed E-state index contributed by atoms with van der Waals surface area (Å²) in [5, 5.41) is 9.05. The lowest BCUT2D eigenvalue weighted by Gasteiger charge is -2.21. The molecule has 0 amide bonds. The van der Waals surface area contributed by atoms with E-state index >= 15 is 0 Å². The lowest BCUT2D eigenvalue weighted by atomic mass is 9.91. The van der Waals surface area contributed by atoms with Crippen LogP contribution in [0.1, 0.15) is 30.5 Å². The van der Waals surface area contributed by atoms with Crippen LogP contribution in [0.4, 0.5) is 0 Å². The van der Waals surface area contributed by atoms with Gasteiger partial charge in [-0.15, -0.1) is 0 Å². The number of nitrogens with zero attached hydrogens (tertiary/aromatic N) is 3. The van der Waals surface area contributed by atoms with E-state index in [9.17, 15) is 0 Å². The molecule has 5 nitrogen and oxygen atoms in total. The molecule has 1 aromatic carbocycles. The van der Waals surface area contributed by atoms with E-state index < -0.39 is 0 Å². The summed E-state index contributed by atoms with van der Waals surface area (Å²) in [6, 6.07) is 10.4. The SMILES string of the molecule is CN(C)Cc1c(-c2ccccn2)ccc2c(CCC3CCNCC3)noc12. The molecule has 0 unspecified atom stereocenters. The molecule has 0 aliphatic carbocycles. The number of aromatic nitrogens is 2. The van der Waals surface area contributed by atoms with Crippen molar-refractivity contribution in [2.24, 2.45) is 5.92 Å². The van der Waals surface area contributed by atoms with Gasteiger partial charge in [0.1, 0.15) is 0 Å².